The highest BCUT2D eigenvalue weighted by Gasteiger charge is 2.44. The van der Waals surface area contributed by atoms with Crippen molar-refractivity contribution in [3.8, 4) is 0 Å². The number of benzene rings is 2. The summed E-state index contributed by atoms with van der Waals surface area (Å²) in [6.45, 7) is 3.00. The average Bonchev–Trinajstić information content (AvgIpc) is 3.57. The Morgan fingerprint density at radius 2 is 1.79 bits per heavy atom. The van der Waals surface area contributed by atoms with Gasteiger partial charge in [0.2, 0.25) is 0 Å². The molecule has 2 aromatic heterocycles. The van der Waals surface area contributed by atoms with Crippen LogP contribution in [0, 0.1) is 0 Å². The molecule has 1 atom stereocenters. The molecule has 1 fully saturated rings. The predicted octanol–water partition coefficient (Wildman–Crippen LogP) is 6.91. The number of thiophene rings is 1. The van der Waals surface area contributed by atoms with Crippen LogP contribution in [-0.2, 0) is 19.8 Å². The van der Waals surface area contributed by atoms with E-state index in [-0.39, 0.29) is 23.0 Å². The summed E-state index contributed by atoms with van der Waals surface area (Å²) < 4.78 is 11.5. The van der Waals surface area contributed by atoms with E-state index < -0.39 is 11.5 Å². The number of pyridine rings is 1. The molecule has 11 heteroatoms. The Kier molecular flexibility index (Phi) is 8.55. The number of halogens is 2. The number of aromatic nitrogens is 1. The van der Waals surface area contributed by atoms with Gasteiger partial charge in [0.1, 0.15) is 10.7 Å². The van der Waals surface area contributed by atoms with Gasteiger partial charge >= 0.3 is 5.97 Å². The number of carbonyl (C=O) groups is 2. The van der Waals surface area contributed by atoms with E-state index >= 15 is 0 Å². The molecule has 42 heavy (non-hydrogen) atoms. The number of hydrogen-bond acceptors (Lipinski definition) is 8. The molecule has 7 nitrogen and oxygen atoms in total. The molecular formula is C31H25Cl2N3O4S2. The monoisotopic (exact) mass is 637 g/mol. The molecule has 1 saturated heterocycles. The molecule has 214 valence electrons. The van der Waals surface area contributed by atoms with Crippen LogP contribution in [0.15, 0.2) is 99.4 Å². The van der Waals surface area contributed by atoms with Crippen molar-refractivity contribution in [3.63, 3.8) is 0 Å². The highest BCUT2D eigenvalue weighted by molar-refractivity contribution is 8.04. The maximum atomic E-state index is 14.0. The number of nitrogens with zero attached hydrogens (tertiary/aromatic N) is 2. The zero-order valence-corrected chi connectivity index (χ0v) is 25.4. The minimum atomic E-state index is -0.976. The van der Waals surface area contributed by atoms with E-state index in [1.165, 1.54) is 23.7 Å². The molecular weight excluding hydrogens is 613 g/mol. The summed E-state index contributed by atoms with van der Waals surface area (Å²) in [7, 11) is 0. The lowest BCUT2D eigenvalue weighted by molar-refractivity contribution is -0.119. The van der Waals surface area contributed by atoms with Crippen LogP contribution in [0.2, 0.25) is 10.0 Å². The third kappa shape index (κ3) is 5.93. The molecule has 1 unspecified atom stereocenters. The van der Waals surface area contributed by atoms with Gasteiger partial charge in [-0.1, -0.05) is 47.1 Å². The highest BCUT2D eigenvalue weighted by Crippen LogP contribution is 2.46. The van der Waals surface area contributed by atoms with Gasteiger partial charge in [0, 0.05) is 47.5 Å². The predicted molar refractivity (Wildman–Crippen MR) is 166 cm³/mol. The zero-order valence-electron chi connectivity index (χ0n) is 22.2. The number of morpholine rings is 1. The van der Waals surface area contributed by atoms with Crippen molar-refractivity contribution < 1.29 is 19.1 Å². The second-order valence-electron chi connectivity index (χ2n) is 9.75. The minimum Gasteiger partial charge on any atom is -0.426 e. The fourth-order valence-corrected chi connectivity index (χ4v) is 7.20. The molecule has 0 bridgehead atoms. The van der Waals surface area contributed by atoms with Crippen molar-refractivity contribution in [2.75, 3.05) is 31.2 Å². The van der Waals surface area contributed by atoms with Gasteiger partial charge in [-0.2, -0.15) is 11.3 Å². The SMILES string of the molecule is O=C1NC(c2ccc(N3CCOCC3)cc2)(c2ccsc2)CC(OC(=O)c2ccncc2)=C1Sc1cc(Cl)ccc1Cl. The molecule has 1 N–H and O–H groups in total. The van der Waals surface area contributed by atoms with Crippen LogP contribution in [0.25, 0.3) is 0 Å². The first-order chi connectivity index (χ1) is 20.4. The van der Waals surface area contributed by atoms with Gasteiger partial charge in [-0.3, -0.25) is 9.78 Å². The summed E-state index contributed by atoms with van der Waals surface area (Å²) in [6, 6.07) is 18.3. The maximum Gasteiger partial charge on any atom is 0.343 e. The number of ether oxygens (including phenoxy) is 2. The van der Waals surface area contributed by atoms with E-state index in [0.717, 1.165) is 41.7 Å². The van der Waals surface area contributed by atoms with Gasteiger partial charge in [-0.25, -0.2) is 4.79 Å². The van der Waals surface area contributed by atoms with E-state index in [9.17, 15) is 9.59 Å². The van der Waals surface area contributed by atoms with Gasteiger partial charge in [0.15, 0.2) is 0 Å². The number of carbonyl (C=O) groups excluding carboxylic acids is 2. The summed E-state index contributed by atoms with van der Waals surface area (Å²) >= 11 is 15.4. The van der Waals surface area contributed by atoms with Crippen LogP contribution in [0.1, 0.15) is 27.9 Å². The number of hydrogen-bond donors (Lipinski definition) is 1. The Morgan fingerprint density at radius 3 is 2.50 bits per heavy atom. The standard InChI is InChI=1S/C31H25Cl2N3O4S2/c32-23-3-6-25(33)27(17-23)42-28-26(40-30(38)20-7-10-34-11-8-20)18-31(35-29(28)37,22-9-16-41-19-22)21-1-4-24(5-2-21)36-12-14-39-15-13-36/h1-11,16-17,19H,12-15,18H2,(H,35,37). The molecule has 6 rings (SSSR count). The number of nitrogens with one attached hydrogen (secondary N) is 1. The summed E-state index contributed by atoms with van der Waals surface area (Å²) in [5.74, 6) is -0.729. The molecule has 0 radical (unpaired) electrons. The molecule has 2 aliphatic rings. The molecule has 0 saturated carbocycles. The summed E-state index contributed by atoms with van der Waals surface area (Å²) in [5.41, 5.74) is 2.19. The Balaban J connectivity index is 1.43. The van der Waals surface area contributed by atoms with Crippen molar-refractivity contribution in [2.45, 2.75) is 16.9 Å². The topological polar surface area (TPSA) is 80.8 Å². The van der Waals surface area contributed by atoms with Crippen molar-refractivity contribution in [1.29, 1.82) is 0 Å². The Morgan fingerprint density at radius 1 is 1.02 bits per heavy atom. The molecule has 2 aromatic carbocycles. The van der Waals surface area contributed by atoms with Gasteiger partial charge in [0.25, 0.3) is 5.91 Å². The minimum absolute atomic E-state index is 0.198. The first kappa shape index (κ1) is 28.8. The summed E-state index contributed by atoms with van der Waals surface area (Å²) in [4.78, 5) is 34.4. The quantitative estimate of drug-likeness (QED) is 0.221. The van der Waals surface area contributed by atoms with Gasteiger partial charge < -0.3 is 19.7 Å². The highest BCUT2D eigenvalue weighted by atomic mass is 35.5. The summed E-state index contributed by atoms with van der Waals surface area (Å²) in [5, 5.41) is 8.15. The van der Waals surface area contributed by atoms with E-state index in [1.54, 1.807) is 30.3 Å². The Bertz CT molecular complexity index is 1630. The zero-order chi connectivity index (χ0) is 29.1. The van der Waals surface area contributed by atoms with Gasteiger partial charge in [0.05, 0.1) is 29.3 Å². The third-order valence-corrected chi connectivity index (χ3v) is 9.73. The fraction of sp³-hybridized carbons (Fsp3) is 0.194. The lowest BCUT2D eigenvalue weighted by Gasteiger charge is -2.40. The van der Waals surface area contributed by atoms with Crippen LogP contribution in [0.3, 0.4) is 0 Å². The average molecular weight is 639 g/mol. The molecule has 0 aliphatic carbocycles. The number of amides is 1. The third-order valence-electron chi connectivity index (χ3n) is 7.20. The molecule has 4 heterocycles. The first-order valence-corrected chi connectivity index (χ1v) is 15.7. The lowest BCUT2D eigenvalue weighted by Crippen LogP contribution is -2.50. The maximum absolute atomic E-state index is 14.0. The van der Waals surface area contributed by atoms with Gasteiger partial charge in [-0.05, 0) is 70.4 Å². The first-order valence-electron chi connectivity index (χ1n) is 13.2. The normalized spacial score (nSPS) is 19.0. The molecule has 0 spiro atoms. The van der Waals surface area contributed by atoms with Crippen LogP contribution in [0.4, 0.5) is 5.69 Å². The van der Waals surface area contributed by atoms with Gasteiger partial charge in [-0.15, -0.1) is 0 Å². The van der Waals surface area contributed by atoms with E-state index in [0.29, 0.717) is 33.7 Å². The van der Waals surface area contributed by atoms with Crippen molar-refractivity contribution in [1.82, 2.24) is 10.3 Å². The smallest absolute Gasteiger partial charge is 0.343 e. The van der Waals surface area contributed by atoms with Crippen molar-refractivity contribution in [2.24, 2.45) is 0 Å². The van der Waals surface area contributed by atoms with Crippen molar-refractivity contribution >= 4 is 63.9 Å². The summed E-state index contributed by atoms with van der Waals surface area (Å²) in [6.07, 6.45) is 3.24. The number of anilines is 1. The second-order valence-corrected chi connectivity index (χ2v) is 12.4. The number of thioether (sulfide) groups is 1. The number of rotatable bonds is 7. The van der Waals surface area contributed by atoms with E-state index in [2.05, 4.69) is 27.3 Å². The number of esters is 1. The molecule has 1 amide bonds. The van der Waals surface area contributed by atoms with Crippen LogP contribution in [-0.4, -0.2) is 43.2 Å². The van der Waals surface area contributed by atoms with E-state index in [4.69, 9.17) is 32.7 Å². The van der Waals surface area contributed by atoms with Crippen molar-refractivity contribution in [3.05, 3.63) is 121 Å². The largest absolute Gasteiger partial charge is 0.426 e. The Hall–Kier alpha value is -3.34. The Labute approximate surface area is 261 Å². The van der Waals surface area contributed by atoms with Crippen LogP contribution in [0.5, 0.6) is 0 Å². The molecule has 4 aromatic rings. The second kappa shape index (κ2) is 12.5. The van der Waals surface area contributed by atoms with Crippen LogP contribution >= 0.6 is 46.3 Å². The molecule has 2 aliphatic heterocycles. The fourth-order valence-electron chi connectivity index (χ4n) is 5.05. The van der Waals surface area contributed by atoms with E-state index in [1.807, 2.05) is 29.0 Å². The lowest BCUT2D eigenvalue weighted by atomic mass is 9.79. The van der Waals surface area contributed by atoms with Crippen LogP contribution < -0.4 is 10.2 Å².